The van der Waals surface area contributed by atoms with E-state index in [1.807, 2.05) is 0 Å². The van der Waals surface area contributed by atoms with Crippen LogP contribution in [0.3, 0.4) is 0 Å². The molecule has 0 amide bonds. The van der Waals surface area contributed by atoms with Crippen LogP contribution in [0.4, 0.5) is 0 Å². The molecule has 1 aliphatic heterocycles. The summed E-state index contributed by atoms with van der Waals surface area (Å²) < 4.78 is 5.67. The van der Waals surface area contributed by atoms with Crippen LogP contribution in [0, 0.1) is 0 Å². The molecule has 0 spiro atoms. The third kappa shape index (κ3) is 1.71. The Morgan fingerprint density at radius 3 is 2.40 bits per heavy atom. The van der Waals surface area contributed by atoms with Crippen molar-refractivity contribution in [1.82, 2.24) is 0 Å². The molecule has 0 aliphatic carbocycles. The number of rotatable bonds is 2. The average Bonchev–Trinajstić information content (AvgIpc) is 2.06. The maximum absolute atomic E-state index is 5.67. The zero-order valence-electron chi connectivity index (χ0n) is 7.15. The van der Waals surface area contributed by atoms with Crippen molar-refractivity contribution >= 4 is 16.9 Å². The second kappa shape index (κ2) is 3.69. The minimum Gasteiger partial charge on any atom is -0.427 e. The van der Waals surface area contributed by atoms with Crippen LogP contribution in [-0.4, -0.2) is 23.5 Å². The van der Waals surface area contributed by atoms with Gasteiger partial charge in [0, 0.05) is 6.61 Å². The van der Waals surface area contributed by atoms with Crippen molar-refractivity contribution in [2.24, 2.45) is 0 Å². The summed E-state index contributed by atoms with van der Waals surface area (Å²) in [5, 5.41) is 0. The third-order valence-corrected chi connectivity index (χ3v) is 14.9. The van der Waals surface area contributed by atoms with Gasteiger partial charge in [0.2, 0.25) is 0 Å². The minimum absolute atomic E-state index is 0.0455. The first-order chi connectivity index (χ1) is 4.83. The molecular weight excluding hydrogens is 156 g/mol. The van der Waals surface area contributed by atoms with Gasteiger partial charge in [0.15, 0.2) is 9.28 Å². The van der Waals surface area contributed by atoms with Crippen LogP contribution in [0.25, 0.3) is 0 Å². The molecule has 3 heteroatoms. The molecule has 0 radical (unpaired) electrons. The summed E-state index contributed by atoms with van der Waals surface area (Å²) in [7, 11) is -0.759. The van der Waals surface area contributed by atoms with Crippen molar-refractivity contribution in [2.75, 3.05) is 6.61 Å². The van der Waals surface area contributed by atoms with Gasteiger partial charge in [0.25, 0.3) is 0 Å². The highest BCUT2D eigenvalue weighted by Gasteiger charge is 2.31. The fraction of sp³-hybridized carbons (Fsp3) is 1.00. The van der Waals surface area contributed by atoms with Crippen molar-refractivity contribution < 1.29 is 4.43 Å². The first-order valence-corrected chi connectivity index (χ1v) is 9.93. The quantitative estimate of drug-likeness (QED) is 0.576. The Bertz CT molecular complexity index is 93.8. The van der Waals surface area contributed by atoms with Crippen molar-refractivity contribution in [1.29, 1.82) is 0 Å². The Morgan fingerprint density at radius 2 is 2.10 bits per heavy atom. The Morgan fingerprint density at radius 1 is 1.40 bits per heavy atom. The first kappa shape index (κ1) is 8.49. The van der Waals surface area contributed by atoms with E-state index >= 15 is 0 Å². The van der Waals surface area contributed by atoms with Gasteiger partial charge in [0.1, 0.15) is 0 Å². The molecule has 0 aromatic carbocycles. The average molecular weight is 174 g/mol. The zero-order chi connectivity index (χ0) is 7.45. The molecule has 1 nitrogen and oxygen atoms in total. The van der Waals surface area contributed by atoms with Gasteiger partial charge >= 0.3 is 0 Å². The van der Waals surface area contributed by atoms with Crippen LogP contribution in [0.15, 0.2) is 0 Å². The molecule has 60 valence electrons. The number of hydrogen-bond acceptors (Lipinski definition) is 1. The number of hydrogen-bond donors (Lipinski definition) is 0. The largest absolute Gasteiger partial charge is 0.427 e. The van der Waals surface area contributed by atoms with Gasteiger partial charge in [-0.2, -0.15) is 0 Å². The SMILES string of the molecule is CC[Si]1(CC)CCCO[SiH2]1. The third-order valence-electron chi connectivity index (χ3n) is 2.90. The molecule has 1 aliphatic rings. The Balaban J connectivity index is 2.44. The van der Waals surface area contributed by atoms with Crippen LogP contribution < -0.4 is 0 Å². The predicted molar refractivity (Wildman–Crippen MR) is 50.6 cm³/mol. The van der Waals surface area contributed by atoms with E-state index in [1.54, 1.807) is 6.04 Å². The fourth-order valence-electron chi connectivity index (χ4n) is 1.72. The topological polar surface area (TPSA) is 9.23 Å². The minimum atomic E-state index is -0.714. The summed E-state index contributed by atoms with van der Waals surface area (Å²) >= 11 is 0. The smallest absolute Gasteiger partial charge is 0.151 e. The van der Waals surface area contributed by atoms with Crippen molar-refractivity contribution in [3.8, 4) is 0 Å². The summed E-state index contributed by atoms with van der Waals surface area (Å²) in [5.41, 5.74) is 0. The summed E-state index contributed by atoms with van der Waals surface area (Å²) in [6.45, 7) is 5.83. The molecule has 0 unspecified atom stereocenters. The van der Waals surface area contributed by atoms with E-state index in [9.17, 15) is 0 Å². The van der Waals surface area contributed by atoms with Crippen LogP contribution in [0.2, 0.25) is 18.1 Å². The Labute approximate surface area is 66.9 Å². The van der Waals surface area contributed by atoms with Gasteiger partial charge in [-0.15, -0.1) is 0 Å². The molecule has 1 heterocycles. The Hall–Kier alpha value is 0.394. The predicted octanol–water partition coefficient (Wildman–Crippen LogP) is 1.48. The molecule has 0 aromatic rings. The van der Waals surface area contributed by atoms with E-state index in [0.29, 0.717) is 0 Å². The van der Waals surface area contributed by atoms with Crippen LogP contribution in [0.1, 0.15) is 20.3 Å². The van der Waals surface area contributed by atoms with E-state index in [4.69, 9.17) is 4.43 Å². The van der Waals surface area contributed by atoms with E-state index in [2.05, 4.69) is 13.8 Å². The molecule has 1 rings (SSSR count). The van der Waals surface area contributed by atoms with Crippen molar-refractivity contribution in [2.45, 2.75) is 38.4 Å². The van der Waals surface area contributed by atoms with Gasteiger partial charge in [0.05, 0.1) is 7.59 Å². The summed E-state index contributed by atoms with van der Waals surface area (Å²) in [4.78, 5) is 0. The summed E-state index contributed by atoms with van der Waals surface area (Å²) in [6, 6.07) is 4.54. The lowest BCUT2D eigenvalue weighted by molar-refractivity contribution is 0.333. The fourth-order valence-corrected chi connectivity index (χ4v) is 9.29. The molecule has 0 saturated carbocycles. The Kier molecular flexibility index (Phi) is 3.13. The second-order valence-corrected chi connectivity index (χ2v) is 14.3. The van der Waals surface area contributed by atoms with E-state index in [-0.39, 0.29) is 9.28 Å². The highest BCUT2D eigenvalue weighted by atomic mass is 29.2. The van der Waals surface area contributed by atoms with Gasteiger partial charge in [-0.1, -0.05) is 32.0 Å². The second-order valence-electron chi connectivity index (χ2n) is 3.36. The maximum atomic E-state index is 5.67. The lowest BCUT2D eigenvalue weighted by Gasteiger charge is -2.32. The summed E-state index contributed by atoms with van der Waals surface area (Å²) in [6.07, 6.45) is 1.36. The lowest BCUT2D eigenvalue weighted by atomic mass is 10.5. The monoisotopic (exact) mass is 174 g/mol. The molecule has 1 saturated heterocycles. The van der Waals surface area contributed by atoms with Gasteiger partial charge in [-0.3, -0.25) is 0 Å². The van der Waals surface area contributed by atoms with Crippen LogP contribution in [0.5, 0.6) is 0 Å². The van der Waals surface area contributed by atoms with Gasteiger partial charge < -0.3 is 4.43 Å². The van der Waals surface area contributed by atoms with E-state index < -0.39 is 7.59 Å². The summed E-state index contributed by atoms with van der Waals surface area (Å²) in [5.74, 6) is 0. The molecule has 10 heavy (non-hydrogen) atoms. The van der Waals surface area contributed by atoms with Gasteiger partial charge in [-0.05, 0) is 6.42 Å². The first-order valence-electron chi connectivity index (χ1n) is 4.41. The van der Waals surface area contributed by atoms with Crippen molar-refractivity contribution in [3.05, 3.63) is 0 Å². The highest BCUT2D eigenvalue weighted by molar-refractivity contribution is 7.22. The highest BCUT2D eigenvalue weighted by Crippen LogP contribution is 2.24. The lowest BCUT2D eigenvalue weighted by Crippen LogP contribution is -2.45. The molecular formula is C7H18OSi2. The molecule has 0 bridgehead atoms. The van der Waals surface area contributed by atoms with Gasteiger partial charge in [-0.25, -0.2) is 0 Å². The maximum Gasteiger partial charge on any atom is 0.151 e. The van der Waals surface area contributed by atoms with E-state index in [1.165, 1.54) is 18.5 Å². The molecule has 0 N–H and O–H groups in total. The standard InChI is InChI=1S/C7H18OSi2/c1-3-10(4-2)7-5-6-8-9-10/h3-7,9H2,1-2H3. The van der Waals surface area contributed by atoms with Crippen molar-refractivity contribution in [3.63, 3.8) is 0 Å². The van der Waals surface area contributed by atoms with Crippen LogP contribution >= 0.6 is 0 Å². The normalized spacial score (nSPS) is 27.0. The van der Waals surface area contributed by atoms with Crippen LogP contribution in [-0.2, 0) is 4.43 Å². The van der Waals surface area contributed by atoms with E-state index in [0.717, 1.165) is 6.61 Å². The zero-order valence-corrected chi connectivity index (χ0v) is 9.57. The molecule has 0 aromatic heterocycles. The molecule has 0 atom stereocenters. The molecule has 1 fully saturated rings.